The summed E-state index contributed by atoms with van der Waals surface area (Å²) in [6, 6.07) is 2.83. The third-order valence-electron chi connectivity index (χ3n) is 3.64. The van der Waals surface area contributed by atoms with Gasteiger partial charge >= 0.3 is 0 Å². The Morgan fingerprint density at radius 1 is 1.47 bits per heavy atom. The molecule has 1 aliphatic heterocycles. The summed E-state index contributed by atoms with van der Waals surface area (Å²) in [5, 5.41) is 7.56. The molecule has 2 aliphatic rings. The molecular weight excluding hydrogens is 214 g/mol. The van der Waals surface area contributed by atoms with Gasteiger partial charge in [-0.15, -0.1) is 0 Å². The van der Waals surface area contributed by atoms with Crippen LogP contribution in [-0.4, -0.2) is 29.2 Å². The number of hydrogen-bond acceptors (Lipinski definition) is 4. The van der Waals surface area contributed by atoms with Crippen LogP contribution < -0.4 is 5.32 Å². The minimum Gasteiger partial charge on any atom is -0.360 e. The summed E-state index contributed by atoms with van der Waals surface area (Å²) >= 11 is 0. The first-order valence-corrected chi connectivity index (χ1v) is 6.70. The summed E-state index contributed by atoms with van der Waals surface area (Å²) in [5.41, 5.74) is 1.04. The quantitative estimate of drug-likeness (QED) is 0.844. The summed E-state index contributed by atoms with van der Waals surface area (Å²) in [7, 11) is 0. The fraction of sp³-hybridized carbons (Fsp3) is 0.769. The Bertz CT molecular complexity index is 372. The second-order valence-corrected chi connectivity index (χ2v) is 5.57. The first-order valence-electron chi connectivity index (χ1n) is 6.70. The van der Waals surface area contributed by atoms with Gasteiger partial charge in [-0.3, -0.25) is 4.90 Å². The molecule has 4 nitrogen and oxygen atoms in total. The van der Waals surface area contributed by atoms with Gasteiger partial charge in [0, 0.05) is 25.2 Å². The van der Waals surface area contributed by atoms with Crippen LogP contribution in [0.5, 0.6) is 0 Å². The van der Waals surface area contributed by atoms with Gasteiger partial charge in [-0.2, -0.15) is 0 Å². The van der Waals surface area contributed by atoms with Gasteiger partial charge < -0.3 is 9.84 Å². The summed E-state index contributed by atoms with van der Waals surface area (Å²) in [4.78, 5) is 2.45. The molecule has 0 amide bonds. The van der Waals surface area contributed by atoms with Crippen molar-refractivity contribution in [1.82, 2.24) is 15.4 Å². The van der Waals surface area contributed by atoms with Gasteiger partial charge in [0.2, 0.25) is 0 Å². The van der Waals surface area contributed by atoms with E-state index in [0.29, 0.717) is 0 Å². The van der Waals surface area contributed by atoms with Crippen LogP contribution in [0.4, 0.5) is 0 Å². The van der Waals surface area contributed by atoms with Crippen LogP contribution in [0.1, 0.15) is 37.6 Å². The highest BCUT2D eigenvalue weighted by atomic mass is 16.5. The first kappa shape index (κ1) is 11.2. The van der Waals surface area contributed by atoms with Gasteiger partial charge in [0.15, 0.2) is 5.76 Å². The molecule has 1 unspecified atom stereocenters. The molecule has 1 aromatic heterocycles. The van der Waals surface area contributed by atoms with Gasteiger partial charge in [0.1, 0.15) is 0 Å². The Morgan fingerprint density at radius 3 is 3.06 bits per heavy atom. The minimum atomic E-state index is 0.731. The highest BCUT2D eigenvalue weighted by Gasteiger charge is 2.22. The van der Waals surface area contributed by atoms with E-state index in [-0.39, 0.29) is 0 Å². The standard InChI is InChI=1S/C13H21N3O/c1-10-4-5-16(8-10)9-13-6-12(15-17-13)7-14-11-2-3-11/h6,10-11,14H,2-5,7-9H2,1H3. The van der Waals surface area contributed by atoms with E-state index in [1.807, 2.05) is 0 Å². The second kappa shape index (κ2) is 4.78. The first-order chi connectivity index (χ1) is 8.29. The largest absolute Gasteiger partial charge is 0.360 e. The highest BCUT2D eigenvalue weighted by molar-refractivity contribution is 5.06. The van der Waals surface area contributed by atoms with Gasteiger partial charge in [0.25, 0.3) is 0 Å². The van der Waals surface area contributed by atoms with Crippen molar-refractivity contribution in [1.29, 1.82) is 0 Å². The zero-order chi connectivity index (χ0) is 11.7. The van der Waals surface area contributed by atoms with Crippen LogP contribution in [0.15, 0.2) is 10.6 Å². The van der Waals surface area contributed by atoms with E-state index in [2.05, 4.69) is 28.4 Å². The Balaban J connectivity index is 1.49. The van der Waals surface area contributed by atoms with Crippen molar-refractivity contribution >= 4 is 0 Å². The number of nitrogens with zero attached hydrogens (tertiary/aromatic N) is 2. The molecule has 1 aliphatic carbocycles. The molecule has 0 aromatic carbocycles. The van der Waals surface area contributed by atoms with Crippen molar-refractivity contribution in [3.05, 3.63) is 17.5 Å². The highest BCUT2D eigenvalue weighted by Crippen LogP contribution is 2.20. The van der Waals surface area contributed by atoms with Crippen LogP contribution in [0.3, 0.4) is 0 Å². The summed E-state index contributed by atoms with van der Waals surface area (Å²) < 4.78 is 5.38. The summed E-state index contributed by atoms with van der Waals surface area (Å²) in [6.07, 6.45) is 3.94. The molecule has 94 valence electrons. The van der Waals surface area contributed by atoms with Crippen LogP contribution in [-0.2, 0) is 13.1 Å². The lowest BCUT2D eigenvalue weighted by molar-refractivity contribution is 0.267. The third kappa shape index (κ3) is 3.07. The smallest absolute Gasteiger partial charge is 0.151 e. The number of aromatic nitrogens is 1. The van der Waals surface area contributed by atoms with Gasteiger partial charge in [0.05, 0.1) is 12.2 Å². The second-order valence-electron chi connectivity index (χ2n) is 5.57. The zero-order valence-corrected chi connectivity index (χ0v) is 10.5. The number of nitrogens with one attached hydrogen (secondary N) is 1. The molecule has 0 radical (unpaired) electrons. The maximum absolute atomic E-state index is 5.38. The molecule has 0 bridgehead atoms. The fourth-order valence-corrected chi connectivity index (χ4v) is 2.44. The predicted molar refractivity (Wildman–Crippen MR) is 65.4 cm³/mol. The Kier molecular flexibility index (Phi) is 3.16. The van der Waals surface area contributed by atoms with Gasteiger partial charge in [-0.25, -0.2) is 0 Å². The van der Waals surface area contributed by atoms with Crippen LogP contribution in [0.25, 0.3) is 0 Å². The van der Waals surface area contributed by atoms with E-state index in [4.69, 9.17) is 4.52 Å². The molecule has 2 fully saturated rings. The molecule has 3 rings (SSSR count). The molecule has 1 N–H and O–H groups in total. The zero-order valence-electron chi connectivity index (χ0n) is 10.5. The van der Waals surface area contributed by atoms with Crippen molar-refractivity contribution in [2.75, 3.05) is 13.1 Å². The van der Waals surface area contributed by atoms with Crippen molar-refractivity contribution in [3.63, 3.8) is 0 Å². The van der Waals surface area contributed by atoms with E-state index in [9.17, 15) is 0 Å². The van der Waals surface area contributed by atoms with E-state index >= 15 is 0 Å². The van der Waals surface area contributed by atoms with Crippen molar-refractivity contribution in [2.24, 2.45) is 5.92 Å². The summed E-state index contributed by atoms with van der Waals surface area (Å²) in [5.74, 6) is 1.83. The monoisotopic (exact) mass is 235 g/mol. The maximum atomic E-state index is 5.38. The molecular formula is C13H21N3O. The number of hydrogen-bond donors (Lipinski definition) is 1. The molecule has 0 spiro atoms. The topological polar surface area (TPSA) is 41.3 Å². The van der Waals surface area contributed by atoms with Gasteiger partial charge in [-0.05, 0) is 31.7 Å². The molecule has 17 heavy (non-hydrogen) atoms. The Morgan fingerprint density at radius 2 is 2.35 bits per heavy atom. The van der Waals surface area contributed by atoms with Gasteiger partial charge in [-0.1, -0.05) is 12.1 Å². The third-order valence-corrected chi connectivity index (χ3v) is 3.64. The van der Waals surface area contributed by atoms with E-state index < -0.39 is 0 Å². The maximum Gasteiger partial charge on any atom is 0.151 e. The SMILES string of the molecule is CC1CCN(Cc2cc(CNC3CC3)no2)C1. The van der Waals surface area contributed by atoms with Crippen LogP contribution in [0.2, 0.25) is 0 Å². The lowest BCUT2D eigenvalue weighted by atomic mass is 10.2. The van der Waals surface area contributed by atoms with Crippen molar-refractivity contribution in [2.45, 2.75) is 45.3 Å². The van der Waals surface area contributed by atoms with E-state index in [1.165, 1.54) is 32.4 Å². The Hall–Kier alpha value is -0.870. The lowest BCUT2D eigenvalue weighted by Gasteiger charge is -2.11. The van der Waals surface area contributed by atoms with E-state index in [0.717, 1.165) is 36.5 Å². The van der Waals surface area contributed by atoms with Crippen LogP contribution >= 0.6 is 0 Å². The molecule has 1 aromatic rings. The minimum absolute atomic E-state index is 0.731. The molecule has 1 atom stereocenters. The molecule has 1 saturated heterocycles. The average Bonchev–Trinajstić information content (AvgIpc) is 2.90. The number of rotatable bonds is 5. The normalized spacial score (nSPS) is 25.6. The molecule has 4 heteroatoms. The predicted octanol–water partition coefficient (Wildman–Crippen LogP) is 1.77. The van der Waals surface area contributed by atoms with Crippen LogP contribution in [0, 0.1) is 5.92 Å². The average molecular weight is 235 g/mol. The lowest BCUT2D eigenvalue weighted by Crippen LogP contribution is -2.19. The fourth-order valence-electron chi connectivity index (χ4n) is 2.44. The number of likely N-dealkylation sites (tertiary alicyclic amines) is 1. The molecule has 2 heterocycles. The van der Waals surface area contributed by atoms with Crippen molar-refractivity contribution < 1.29 is 4.52 Å². The molecule has 1 saturated carbocycles. The van der Waals surface area contributed by atoms with E-state index in [1.54, 1.807) is 0 Å². The van der Waals surface area contributed by atoms with Crippen molar-refractivity contribution in [3.8, 4) is 0 Å². The Labute approximate surface area is 102 Å². The summed E-state index contributed by atoms with van der Waals surface area (Å²) in [6.45, 7) is 6.46.